The number of hydrogen-bond donors (Lipinski definition) is 1. The van der Waals surface area contributed by atoms with Crippen molar-refractivity contribution in [3.05, 3.63) is 41.4 Å². The fourth-order valence-electron chi connectivity index (χ4n) is 3.23. The fraction of sp³-hybridized carbons (Fsp3) is 0.474. The fourth-order valence-corrected chi connectivity index (χ4v) is 3.92. The van der Waals surface area contributed by atoms with E-state index < -0.39 is 0 Å². The zero-order chi connectivity index (χ0) is 16.8. The number of piperidine rings is 1. The molecule has 0 aliphatic carbocycles. The van der Waals surface area contributed by atoms with Gasteiger partial charge in [-0.1, -0.05) is 13.0 Å². The molecule has 5 heteroatoms. The van der Waals surface area contributed by atoms with Crippen molar-refractivity contribution < 1.29 is 4.79 Å². The molecule has 0 radical (unpaired) electrons. The maximum atomic E-state index is 12.3. The Morgan fingerprint density at radius 2 is 2.38 bits per heavy atom. The minimum absolute atomic E-state index is 0.0118. The molecular weight excluding hydrogens is 318 g/mol. The van der Waals surface area contributed by atoms with Gasteiger partial charge < -0.3 is 10.2 Å². The number of thiophene rings is 1. The van der Waals surface area contributed by atoms with Crippen molar-refractivity contribution in [2.75, 3.05) is 26.2 Å². The van der Waals surface area contributed by atoms with Crippen molar-refractivity contribution in [2.24, 2.45) is 5.92 Å². The van der Waals surface area contributed by atoms with Crippen LogP contribution in [-0.2, 0) is 0 Å². The highest BCUT2D eigenvalue weighted by molar-refractivity contribution is 7.13. The molecule has 0 saturated carbocycles. The molecule has 0 spiro atoms. The summed E-state index contributed by atoms with van der Waals surface area (Å²) in [5, 5.41) is 5.05. The molecule has 1 atom stereocenters. The van der Waals surface area contributed by atoms with E-state index in [0.717, 1.165) is 36.0 Å². The zero-order valence-corrected chi connectivity index (χ0v) is 15.0. The van der Waals surface area contributed by atoms with Gasteiger partial charge in [0.25, 0.3) is 5.91 Å². The Morgan fingerprint density at radius 3 is 3.17 bits per heavy atom. The number of amides is 1. The molecule has 0 bridgehead atoms. The van der Waals surface area contributed by atoms with Gasteiger partial charge in [0.1, 0.15) is 0 Å². The lowest BCUT2D eigenvalue weighted by Crippen LogP contribution is -2.36. The summed E-state index contributed by atoms with van der Waals surface area (Å²) in [6.07, 6.45) is 5.36. The van der Waals surface area contributed by atoms with E-state index in [1.807, 2.05) is 23.6 Å². The Bertz CT molecular complexity index is 656. The van der Waals surface area contributed by atoms with Crippen LogP contribution >= 0.6 is 11.3 Å². The van der Waals surface area contributed by atoms with Gasteiger partial charge in [0, 0.05) is 24.8 Å². The maximum Gasteiger partial charge on any atom is 0.251 e. The first-order chi connectivity index (χ1) is 11.7. The Hall–Kier alpha value is -1.72. The monoisotopic (exact) mass is 343 g/mol. The summed E-state index contributed by atoms with van der Waals surface area (Å²) >= 11 is 1.63. The van der Waals surface area contributed by atoms with Gasteiger partial charge in [0.05, 0.1) is 10.6 Å². The summed E-state index contributed by atoms with van der Waals surface area (Å²) in [5.74, 6) is 0.794. The standard InChI is InChI=1S/C19H25N3OS/c1-15-5-2-10-22(14-15)11-4-8-21-19(23)16-7-9-20-17(13-16)18-6-3-12-24-18/h3,6-7,9,12-13,15H,2,4-5,8,10-11,14H2,1H3,(H,21,23). The minimum Gasteiger partial charge on any atom is -0.352 e. The SMILES string of the molecule is CC1CCCN(CCCNC(=O)c2ccnc(-c3cccs3)c2)C1. The van der Waals surface area contributed by atoms with E-state index in [0.29, 0.717) is 5.56 Å². The van der Waals surface area contributed by atoms with E-state index in [4.69, 9.17) is 0 Å². The summed E-state index contributed by atoms with van der Waals surface area (Å²) in [6, 6.07) is 7.66. The molecule has 1 unspecified atom stereocenters. The molecule has 2 aromatic heterocycles. The minimum atomic E-state index is -0.0118. The first-order valence-electron chi connectivity index (χ1n) is 8.73. The molecule has 128 valence electrons. The largest absolute Gasteiger partial charge is 0.352 e. The lowest BCUT2D eigenvalue weighted by Gasteiger charge is -2.30. The lowest BCUT2D eigenvalue weighted by molar-refractivity contribution is 0.0950. The van der Waals surface area contributed by atoms with Gasteiger partial charge in [-0.3, -0.25) is 9.78 Å². The van der Waals surface area contributed by atoms with Crippen LogP contribution < -0.4 is 5.32 Å². The van der Waals surface area contributed by atoms with Gasteiger partial charge in [-0.25, -0.2) is 0 Å². The van der Waals surface area contributed by atoms with Crippen LogP contribution in [0.1, 0.15) is 36.5 Å². The van der Waals surface area contributed by atoms with E-state index in [2.05, 4.69) is 22.1 Å². The highest BCUT2D eigenvalue weighted by atomic mass is 32.1. The van der Waals surface area contributed by atoms with Crippen LogP contribution in [-0.4, -0.2) is 42.0 Å². The first kappa shape index (κ1) is 17.1. The van der Waals surface area contributed by atoms with Crippen LogP contribution in [0.5, 0.6) is 0 Å². The second-order valence-corrected chi connectivity index (χ2v) is 7.51. The third-order valence-corrected chi connectivity index (χ3v) is 5.37. The molecule has 2 aromatic rings. The van der Waals surface area contributed by atoms with Crippen molar-refractivity contribution in [1.29, 1.82) is 0 Å². The van der Waals surface area contributed by atoms with Crippen molar-refractivity contribution in [2.45, 2.75) is 26.2 Å². The molecule has 1 aliphatic rings. The molecule has 3 heterocycles. The average molecular weight is 343 g/mol. The summed E-state index contributed by atoms with van der Waals surface area (Å²) < 4.78 is 0. The topological polar surface area (TPSA) is 45.2 Å². The van der Waals surface area contributed by atoms with Crippen LogP contribution in [0.4, 0.5) is 0 Å². The zero-order valence-electron chi connectivity index (χ0n) is 14.2. The predicted octanol–water partition coefficient (Wildman–Crippen LogP) is 3.66. The first-order valence-corrected chi connectivity index (χ1v) is 9.61. The van der Waals surface area contributed by atoms with E-state index in [-0.39, 0.29) is 5.91 Å². The van der Waals surface area contributed by atoms with Crippen molar-refractivity contribution in [3.63, 3.8) is 0 Å². The smallest absolute Gasteiger partial charge is 0.251 e. The van der Waals surface area contributed by atoms with Gasteiger partial charge in [0.2, 0.25) is 0 Å². The van der Waals surface area contributed by atoms with E-state index in [9.17, 15) is 4.79 Å². The summed E-state index contributed by atoms with van der Waals surface area (Å²) in [5.41, 5.74) is 1.54. The number of aromatic nitrogens is 1. The molecule has 0 aromatic carbocycles. The van der Waals surface area contributed by atoms with Crippen LogP contribution in [0.3, 0.4) is 0 Å². The maximum absolute atomic E-state index is 12.3. The number of hydrogen-bond acceptors (Lipinski definition) is 4. The number of carbonyl (C=O) groups excluding carboxylic acids is 1. The quantitative estimate of drug-likeness (QED) is 0.814. The summed E-state index contributed by atoms with van der Waals surface area (Å²) in [6.45, 7) is 6.51. The molecular formula is C19H25N3OS. The lowest BCUT2D eigenvalue weighted by atomic mass is 10.0. The van der Waals surface area contributed by atoms with Gasteiger partial charge in [-0.15, -0.1) is 11.3 Å². The highest BCUT2D eigenvalue weighted by Crippen LogP contribution is 2.23. The van der Waals surface area contributed by atoms with Crippen molar-refractivity contribution in [1.82, 2.24) is 15.2 Å². The van der Waals surface area contributed by atoms with E-state index in [1.54, 1.807) is 23.6 Å². The average Bonchev–Trinajstić information content (AvgIpc) is 3.13. The summed E-state index contributed by atoms with van der Waals surface area (Å²) in [7, 11) is 0. The number of nitrogens with zero attached hydrogens (tertiary/aromatic N) is 2. The Kier molecular flexibility index (Phi) is 5.99. The molecule has 3 rings (SSSR count). The third-order valence-electron chi connectivity index (χ3n) is 4.47. The van der Waals surface area contributed by atoms with Crippen molar-refractivity contribution >= 4 is 17.2 Å². The van der Waals surface area contributed by atoms with Crippen LogP contribution in [0.25, 0.3) is 10.6 Å². The van der Waals surface area contributed by atoms with Crippen LogP contribution in [0.2, 0.25) is 0 Å². The number of rotatable bonds is 6. The Balaban J connectivity index is 1.46. The van der Waals surface area contributed by atoms with E-state index in [1.165, 1.54) is 25.9 Å². The van der Waals surface area contributed by atoms with Gasteiger partial charge in [-0.05, 0) is 61.8 Å². The second-order valence-electron chi connectivity index (χ2n) is 6.56. The molecule has 1 saturated heterocycles. The third kappa shape index (κ3) is 4.65. The number of carbonyl (C=O) groups is 1. The number of pyridine rings is 1. The highest BCUT2D eigenvalue weighted by Gasteiger charge is 2.15. The molecule has 1 aliphatic heterocycles. The molecule has 1 fully saturated rings. The van der Waals surface area contributed by atoms with Gasteiger partial charge in [-0.2, -0.15) is 0 Å². The molecule has 24 heavy (non-hydrogen) atoms. The Labute approximate surface area is 147 Å². The van der Waals surface area contributed by atoms with Crippen LogP contribution in [0.15, 0.2) is 35.8 Å². The molecule has 1 N–H and O–H groups in total. The van der Waals surface area contributed by atoms with Gasteiger partial charge >= 0.3 is 0 Å². The van der Waals surface area contributed by atoms with E-state index >= 15 is 0 Å². The number of nitrogens with one attached hydrogen (secondary N) is 1. The summed E-state index contributed by atoms with van der Waals surface area (Å²) in [4.78, 5) is 20.3. The second kappa shape index (κ2) is 8.40. The Morgan fingerprint density at radius 1 is 1.46 bits per heavy atom. The molecule has 1 amide bonds. The van der Waals surface area contributed by atoms with Crippen molar-refractivity contribution in [3.8, 4) is 10.6 Å². The predicted molar refractivity (Wildman–Crippen MR) is 99.3 cm³/mol. The number of likely N-dealkylation sites (tertiary alicyclic amines) is 1. The van der Waals surface area contributed by atoms with Gasteiger partial charge in [0.15, 0.2) is 0 Å². The van der Waals surface area contributed by atoms with Crippen LogP contribution in [0, 0.1) is 5.92 Å². The normalized spacial score (nSPS) is 18.5. The molecule has 4 nitrogen and oxygen atoms in total.